The lowest BCUT2D eigenvalue weighted by atomic mass is 10.3. The van der Waals surface area contributed by atoms with Gasteiger partial charge in [0.2, 0.25) is 10.0 Å². The Morgan fingerprint density at radius 2 is 1.91 bits per heavy atom. The molecule has 0 aromatic heterocycles. The van der Waals surface area contributed by atoms with E-state index < -0.39 is 10.0 Å². The third-order valence-electron chi connectivity index (χ3n) is 3.55. The molecule has 2 heterocycles. The summed E-state index contributed by atoms with van der Waals surface area (Å²) in [4.78, 5) is 0.0718. The maximum Gasteiger partial charge on any atom is 0.244 e. The number of halogens is 2. The first-order valence-corrected chi connectivity index (χ1v) is 8.63. The summed E-state index contributed by atoms with van der Waals surface area (Å²) in [7, 11) is -3.63. The Hall–Kier alpha value is -0.730. The van der Waals surface area contributed by atoms with E-state index in [9.17, 15) is 8.42 Å². The molecular weight excluding hydrogens is 351 g/mol. The van der Waals surface area contributed by atoms with Crippen molar-refractivity contribution in [2.75, 3.05) is 32.8 Å². The Morgan fingerprint density at radius 1 is 1.27 bits per heavy atom. The lowest BCUT2D eigenvalue weighted by molar-refractivity contribution is 0.171. The summed E-state index contributed by atoms with van der Waals surface area (Å²) in [6.07, 6.45) is 0. The van der Waals surface area contributed by atoms with E-state index in [2.05, 4.69) is 5.32 Å². The van der Waals surface area contributed by atoms with Gasteiger partial charge >= 0.3 is 0 Å². The van der Waals surface area contributed by atoms with Gasteiger partial charge in [0.05, 0.1) is 5.02 Å². The number of piperazine rings is 1. The molecule has 2 aliphatic rings. The zero-order chi connectivity index (χ0) is 15.0. The summed E-state index contributed by atoms with van der Waals surface area (Å²) in [5, 5.41) is 3.37. The van der Waals surface area contributed by atoms with Crippen LogP contribution in [-0.4, -0.2) is 51.6 Å². The summed E-state index contributed by atoms with van der Waals surface area (Å²) in [6.45, 7) is 4.27. The lowest BCUT2D eigenvalue weighted by Crippen LogP contribution is -2.51. The van der Waals surface area contributed by atoms with Gasteiger partial charge < -0.3 is 14.8 Å². The number of rotatable bonds is 2. The van der Waals surface area contributed by atoms with Crippen LogP contribution in [0.2, 0.25) is 5.02 Å². The first kappa shape index (κ1) is 17.6. The van der Waals surface area contributed by atoms with E-state index in [-0.39, 0.29) is 28.4 Å². The van der Waals surface area contributed by atoms with Crippen molar-refractivity contribution in [2.24, 2.45) is 0 Å². The van der Waals surface area contributed by atoms with Crippen LogP contribution in [-0.2, 0) is 10.0 Å². The highest BCUT2D eigenvalue weighted by Gasteiger charge is 2.31. The van der Waals surface area contributed by atoms with Gasteiger partial charge in [-0.15, -0.1) is 12.4 Å². The van der Waals surface area contributed by atoms with Gasteiger partial charge in [0.1, 0.15) is 18.1 Å². The minimum absolute atomic E-state index is 0. The van der Waals surface area contributed by atoms with Gasteiger partial charge in [-0.3, -0.25) is 0 Å². The lowest BCUT2D eigenvalue weighted by Gasteiger charge is -2.31. The van der Waals surface area contributed by atoms with Gasteiger partial charge in [-0.1, -0.05) is 11.6 Å². The van der Waals surface area contributed by atoms with Gasteiger partial charge in [0.15, 0.2) is 11.5 Å². The van der Waals surface area contributed by atoms with E-state index in [0.717, 1.165) is 0 Å². The van der Waals surface area contributed by atoms with Gasteiger partial charge in [-0.05, 0) is 6.92 Å². The Bertz CT molecular complexity index is 654. The van der Waals surface area contributed by atoms with Crippen LogP contribution in [0, 0.1) is 0 Å². The van der Waals surface area contributed by atoms with Gasteiger partial charge in [0.25, 0.3) is 0 Å². The topological polar surface area (TPSA) is 67.9 Å². The summed E-state index contributed by atoms with van der Waals surface area (Å²) >= 11 is 6.14. The van der Waals surface area contributed by atoms with Crippen molar-refractivity contribution < 1.29 is 17.9 Å². The molecule has 1 atom stereocenters. The molecule has 0 bridgehead atoms. The van der Waals surface area contributed by atoms with Crippen molar-refractivity contribution in [3.63, 3.8) is 0 Å². The molecule has 6 nitrogen and oxygen atoms in total. The molecule has 1 saturated heterocycles. The quantitative estimate of drug-likeness (QED) is 0.856. The zero-order valence-corrected chi connectivity index (χ0v) is 14.4. The Balaban J connectivity index is 0.00000176. The predicted molar refractivity (Wildman–Crippen MR) is 85.9 cm³/mol. The Morgan fingerprint density at radius 3 is 2.55 bits per heavy atom. The average molecular weight is 369 g/mol. The minimum Gasteiger partial charge on any atom is -0.486 e. The zero-order valence-electron chi connectivity index (χ0n) is 12.0. The fourth-order valence-corrected chi connectivity index (χ4v) is 4.53. The third kappa shape index (κ3) is 3.28. The van der Waals surface area contributed by atoms with E-state index in [0.29, 0.717) is 44.3 Å². The number of benzene rings is 1. The standard InChI is InChI=1S/C13H17ClN2O4S.ClH/c1-9-8-16(3-2-15-9)21(17,18)13-7-12-11(6-10(13)14)19-4-5-20-12;/h6-7,9,15H,2-5,8H2,1H3;1H. The van der Waals surface area contributed by atoms with E-state index in [1.807, 2.05) is 6.92 Å². The van der Waals surface area contributed by atoms with Crippen LogP contribution >= 0.6 is 24.0 Å². The average Bonchev–Trinajstić information content (AvgIpc) is 2.46. The second-order valence-corrected chi connectivity index (χ2v) is 7.46. The summed E-state index contributed by atoms with van der Waals surface area (Å²) in [5.74, 6) is 0.909. The maximum absolute atomic E-state index is 12.8. The predicted octanol–water partition coefficient (Wildman–Crippen LogP) is 1.52. The molecule has 0 saturated carbocycles. The first-order valence-electron chi connectivity index (χ1n) is 6.81. The number of hydrogen-bond donors (Lipinski definition) is 1. The van der Waals surface area contributed by atoms with Crippen LogP contribution in [0.5, 0.6) is 11.5 Å². The molecule has 22 heavy (non-hydrogen) atoms. The molecule has 1 unspecified atom stereocenters. The largest absolute Gasteiger partial charge is 0.486 e. The smallest absolute Gasteiger partial charge is 0.244 e. The van der Waals surface area contributed by atoms with Crippen molar-refractivity contribution >= 4 is 34.0 Å². The van der Waals surface area contributed by atoms with Crippen molar-refractivity contribution in [3.8, 4) is 11.5 Å². The van der Waals surface area contributed by atoms with Crippen molar-refractivity contribution in [1.29, 1.82) is 0 Å². The normalized spacial score (nSPS) is 22.0. The number of nitrogens with zero attached hydrogens (tertiary/aromatic N) is 1. The molecule has 2 aliphatic heterocycles. The van der Waals surface area contributed by atoms with Crippen LogP contribution in [0.4, 0.5) is 0 Å². The van der Waals surface area contributed by atoms with Crippen LogP contribution in [0.1, 0.15) is 6.92 Å². The molecule has 0 radical (unpaired) electrons. The van der Waals surface area contributed by atoms with Crippen molar-refractivity contribution in [2.45, 2.75) is 17.9 Å². The van der Waals surface area contributed by atoms with Gasteiger partial charge in [-0.25, -0.2) is 8.42 Å². The fourth-order valence-electron chi connectivity index (χ4n) is 2.50. The highest BCUT2D eigenvalue weighted by atomic mass is 35.5. The molecule has 9 heteroatoms. The second-order valence-electron chi connectivity index (χ2n) is 5.14. The van der Waals surface area contributed by atoms with Crippen LogP contribution < -0.4 is 14.8 Å². The molecular formula is C13H18Cl2N2O4S. The van der Waals surface area contributed by atoms with Crippen LogP contribution in [0.3, 0.4) is 0 Å². The summed E-state index contributed by atoms with van der Waals surface area (Å²) < 4.78 is 37.8. The number of ether oxygens (including phenoxy) is 2. The molecule has 0 amide bonds. The molecule has 0 spiro atoms. The molecule has 0 aliphatic carbocycles. The fraction of sp³-hybridized carbons (Fsp3) is 0.538. The monoisotopic (exact) mass is 368 g/mol. The van der Waals surface area contributed by atoms with Crippen molar-refractivity contribution in [1.82, 2.24) is 9.62 Å². The Labute approximate surface area is 141 Å². The summed E-state index contributed by atoms with van der Waals surface area (Å²) in [6, 6.07) is 3.08. The van der Waals surface area contributed by atoms with E-state index in [1.54, 1.807) is 0 Å². The highest BCUT2D eigenvalue weighted by molar-refractivity contribution is 7.89. The van der Waals surface area contributed by atoms with Crippen molar-refractivity contribution in [3.05, 3.63) is 17.2 Å². The highest BCUT2D eigenvalue weighted by Crippen LogP contribution is 2.38. The summed E-state index contributed by atoms with van der Waals surface area (Å²) in [5.41, 5.74) is 0. The second kappa shape index (κ2) is 6.80. The number of nitrogens with one attached hydrogen (secondary N) is 1. The molecule has 1 aromatic rings. The van der Waals surface area contributed by atoms with Gasteiger partial charge in [0, 0.05) is 37.8 Å². The molecule has 1 aromatic carbocycles. The van der Waals surface area contributed by atoms with E-state index >= 15 is 0 Å². The molecule has 1 fully saturated rings. The molecule has 1 N–H and O–H groups in total. The van der Waals surface area contributed by atoms with Crippen LogP contribution in [0.25, 0.3) is 0 Å². The maximum atomic E-state index is 12.8. The van der Waals surface area contributed by atoms with E-state index in [4.69, 9.17) is 21.1 Å². The molecule has 3 rings (SSSR count). The number of fused-ring (bicyclic) bond motifs is 1. The van der Waals surface area contributed by atoms with Gasteiger partial charge in [-0.2, -0.15) is 4.31 Å². The number of sulfonamides is 1. The SMILES string of the molecule is CC1CN(S(=O)(=O)c2cc3c(cc2Cl)OCCO3)CCN1.Cl. The minimum atomic E-state index is -3.63. The van der Waals surface area contributed by atoms with Crippen LogP contribution in [0.15, 0.2) is 17.0 Å². The first-order chi connectivity index (χ1) is 9.98. The number of hydrogen-bond acceptors (Lipinski definition) is 5. The third-order valence-corrected chi connectivity index (χ3v) is 5.88. The Kier molecular flexibility index (Phi) is 5.45. The molecule has 124 valence electrons. The van der Waals surface area contributed by atoms with E-state index in [1.165, 1.54) is 16.4 Å².